The van der Waals surface area contributed by atoms with Crippen LogP contribution in [0.1, 0.15) is 43.5 Å². The van der Waals surface area contributed by atoms with Gasteiger partial charge in [-0.2, -0.15) is 0 Å². The minimum Gasteiger partial charge on any atom is -0.424 e. The molecule has 1 fully saturated rings. The Morgan fingerprint density at radius 3 is 2.92 bits per heavy atom. The number of aromatic nitrogens is 6. The summed E-state index contributed by atoms with van der Waals surface area (Å²) in [5, 5.41) is 20.0. The number of methoxy groups -OCH3 is 1. The van der Waals surface area contributed by atoms with E-state index in [1.54, 1.807) is 11.8 Å². The van der Waals surface area contributed by atoms with E-state index in [0.717, 1.165) is 6.54 Å². The Kier molecular flexibility index (Phi) is 5.48. The summed E-state index contributed by atoms with van der Waals surface area (Å²) in [5.41, 5.74) is 0. The van der Waals surface area contributed by atoms with Gasteiger partial charge in [0.2, 0.25) is 11.8 Å². The lowest BCUT2D eigenvalue weighted by Gasteiger charge is -2.31. The molecule has 24 heavy (non-hydrogen) atoms. The Morgan fingerprint density at radius 1 is 1.29 bits per heavy atom. The number of ether oxygens (including phenoxy) is 2. The SMILES string of the molecule is COCCn1nnnc1C1CN(Cc2nnc(C(C)C)o2)CCO1. The molecule has 10 nitrogen and oxygen atoms in total. The molecule has 0 saturated carbocycles. The van der Waals surface area contributed by atoms with E-state index in [2.05, 4.69) is 30.6 Å². The van der Waals surface area contributed by atoms with E-state index in [4.69, 9.17) is 13.9 Å². The van der Waals surface area contributed by atoms with Crippen molar-refractivity contribution < 1.29 is 13.9 Å². The maximum absolute atomic E-state index is 5.84. The Morgan fingerprint density at radius 2 is 2.17 bits per heavy atom. The Balaban J connectivity index is 1.62. The smallest absolute Gasteiger partial charge is 0.230 e. The van der Waals surface area contributed by atoms with Crippen molar-refractivity contribution in [3.63, 3.8) is 0 Å². The highest BCUT2D eigenvalue weighted by Crippen LogP contribution is 2.21. The number of nitrogens with zero attached hydrogens (tertiary/aromatic N) is 7. The molecule has 0 amide bonds. The number of rotatable bonds is 7. The van der Waals surface area contributed by atoms with Crippen molar-refractivity contribution in [2.24, 2.45) is 0 Å². The van der Waals surface area contributed by atoms with Crippen LogP contribution in [0.4, 0.5) is 0 Å². The van der Waals surface area contributed by atoms with Crippen molar-refractivity contribution in [1.29, 1.82) is 0 Å². The monoisotopic (exact) mass is 337 g/mol. The van der Waals surface area contributed by atoms with Crippen LogP contribution < -0.4 is 0 Å². The summed E-state index contributed by atoms with van der Waals surface area (Å²) in [6.45, 7) is 7.88. The van der Waals surface area contributed by atoms with Gasteiger partial charge in [0.05, 0.1) is 26.3 Å². The third-order valence-electron chi connectivity index (χ3n) is 3.84. The van der Waals surface area contributed by atoms with E-state index in [1.807, 2.05) is 13.8 Å². The average Bonchev–Trinajstić information content (AvgIpc) is 3.22. The number of hydrogen-bond acceptors (Lipinski definition) is 9. The van der Waals surface area contributed by atoms with E-state index in [1.165, 1.54) is 0 Å². The first-order valence-corrected chi connectivity index (χ1v) is 8.08. The van der Waals surface area contributed by atoms with Crippen LogP contribution in [0.2, 0.25) is 0 Å². The van der Waals surface area contributed by atoms with Crippen molar-refractivity contribution in [2.45, 2.75) is 39.0 Å². The molecule has 0 radical (unpaired) electrons. The van der Waals surface area contributed by atoms with Crippen molar-refractivity contribution in [2.75, 3.05) is 33.4 Å². The molecule has 0 bridgehead atoms. The second-order valence-electron chi connectivity index (χ2n) is 6.04. The van der Waals surface area contributed by atoms with Crippen molar-refractivity contribution in [1.82, 2.24) is 35.3 Å². The quantitative estimate of drug-likeness (QED) is 0.710. The summed E-state index contributed by atoms with van der Waals surface area (Å²) in [6, 6.07) is 0. The van der Waals surface area contributed by atoms with Crippen LogP contribution in [-0.4, -0.2) is 68.7 Å². The van der Waals surface area contributed by atoms with Gasteiger partial charge in [-0.25, -0.2) is 4.68 Å². The lowest BCUT2D eigenvalue weighted by Crippen LogP contribution is -2.39. The zero-order valence-electron chi connectivity index (χ0n) is 14.3. The third kappa shape index (κ3) is 3.94. The van der Waals surface area contributed by atoms with Crippen LogP contribution >= 0.6 is 0 Å². The van der Waals surface area contributed by atoms with Gasteiger partial charge in [-0.3, -0.25) is 4.90 Å². The Hall–Kier alpha value is -1.91. The summed E-state index contributed by atoms with van der Waals surface area (Å²) in [4.78, 5) is 2.21. The van der Waals surface area contributed by atoms with E-state index >= 15 is 0 Å². The molecule has 10 heteroatoms. The van der Waals surface area contributed by atoms with Crippen LogP contribution in [0.25, 0.3) is 0 Å². The maximum Gasteiger partial charge on any atom is 0.230 e. The third-order valence-corrected chi connectivity index (χ3v) is 3.84. The maximum atomic E-state index is 5.84. The molecule has 1 aliphatic rings. The molecule has 3 heterocycles. The molecule has 0 aromatic carbocycles. The predicted octanol–water partition coefficient (Wildman–Crippen LogP) is 0.399. The van der Waals surface area contributed by atoms with Crippen molar-refractivity contribution in [3.05, 3.63) is 17.6 Å². The van der Waals surface area contributed by atoms with Crippen molar-refractivity contribution >= 4 is 0 Å². The summed E-state index contributed by atoms with van der Waals surface area (Å²) in [5.74, 6) is 2.23. The standard InChI is InChI=1S/C14H23N7O3/c1-10(2)14-17-15-12(24-14)9-20-4-7-23-11(8-20)13-16-18-19-21(13)5-6-22-3/h10-11H,4-9H2,1-3H3. The molecule has 1 atom stereocenters. The van der Waals surface area contributed by atoms with Crippen molar-refractivity contribution in [3.8, 4) is 0 Å². The first kappa shape index (κ1) is 16.9. The molecule has 1 unspecified atom stereocenters. The zero-order chi connectivity index (χ0) is 16.9. The van der Waals surface area contributed by atoms with Gasteiger partial charge in [-0.15, -0.1) is 15.3 Å². The van der Waals surface area contributed by atoms with Gasteiger partial charge in [-0.1, -0.05) is 13.8 Å². The first-order chi connectivity index (χ1) is 11.7. The normalized spacial score (nSPS) is 19.2. The highest BCUT2D eigenvalue weighted by Gasteiger charge is 2.27. The molecular formula is C14H23N7O3. The second-order valence-corrected chi connectivity index (χ2v) is 6.04. The number of tetrazole rings is 1. The first-order valence-electron chi connectivity index (χ1n) is 8.08. The van der Waals surface area contributed by atoms with Crippen LogP contribution in [0.5, 0.6) is 0 Å². The largest absolute Gasteiger partial charge is 0.424 e. The van der Waals surface area contributed by atoms with Gasteiger partial charge < -0.3 is 13.9 Å². The summed E-state index contributed by atoms with van der Waals surface area (Å²) in [7, 11) is 1.65. The summed E-state index contributed by atoms with van der Waals surface area (Å²) in [6.07, 6.45) is -0.182. The molecule has 0 spiro atoms. The average molecular weight is 337 g/mol. The Bertz CT molecular complexity index is 642. The molecule has 1 saturated heterocycles. The van der Waals surface area contributed by atoms with Crippen LogP contribution in [-0.2, 0) is 22.6 Å². The minimum absolute atomic E-state index is 0.182. The lowest BCUT2D eigenvalue weighted by molar-refractivity contribution is -0.0418. The van der Waals surface area contributed by atoms with Crippen LogP contribution in [0, 0.1) is 0 Å². The molecule has 1 aliphatic heterocycles. The van der Waals surface area contributed by atoms with Gasteiger partial charge in [0.15, 0.2) is 5.82 Å². The minimum atomic E-state index is -0.182. The fraction of sp³-hybridized carbons (Fsp3) is 0.786. The van der Waals surface area contributed by atoms with Gasteiger partial charge >= 0.3 is 0 Å². The highest BCUT2D eigenvalue weighted by molar-refractivity contribution is 4.93. The van der Waals surface area contributed by atoms with Crippen LogP contribution in [0.15, 0.2) is 4.42 Å². The fourth-order valence-corrected chi connectivity index (χ4v) is 2.54. The molecular weight excluding hydrogens is 314 g/mol. The topological polar surface area (TPSA) is 104 Å². The number of morpholine rings is 1. The number of hydrogen-bond donors (Lipinski definition) is 0. The van der Waals surface area contributed by atoms with Gasteiger partial charge in [0.1, 0.15) is 6.10 Å². The lowest BCUT2D eigenvalue weighted by atomic mass is 10.2. The molecule has 2 aromatic rings. The summed E-state index contributed by atoms with van der Waals surface area (Å²) < 4.78 is 18.3. The van der Waals surface area contributed by atoms with Gasteiger partial charge in [0.25, 0.3) is 0 Å². The molecule has 0 aliphatic carbocycles. The van der Waals surface area contributed by atoms with Gasteiger partial charge in [0, 0.05) is 26.1 Å². The molecule has 0 N–H and O–H groups in total. The molecule has 3 rings (SSSR count). The summed E-state index contributed by atoms with van der Waals surface area (Å²) >= 11 is 0. The molecule has 132 valence electrons. The van der Waals surface area contributed by atoms with E-state index < -0.39 is 0 Å². The van der Waals surface area contributed by atoms with Crippen LogP contribution in [0.3, 0.4) is 0 Å². The predicted molar refractivity (Wildman–Crippen MR) is 82.1 cm³/mol. The highest BCUT2D eigenvalue weighted by atomic mass is 16.5. The van der Waals surface area contributed by atoms with E-state index in [-0.39, 0.29) is 12.0 Å². The van der Waals surface area contributed by atoms with Gasteiger partial charge in [-0.05, 0) is 10.4 Å². The Labute approximate surface area is 140 Å². The van der Waals surface area contributed by atoms with E-state index in [9.17, 15) is 0 Å². The zero-order valence-corrected chi connectivity index (χ0v) is 14.3. The van der Waals surface area contributed by atoms with E-state index in [0.29, 0.717) is 50.5 Å². The fourth-order valence-electron chi connectivity index (χ4n) is 2.54. The second kappa shape index (κ2) is 7.77. The molecule has 2 aromatic heterocycles.